The third-order valence-electron chi connectivity index (χ3n) is 7.04. The van der Waals surface area contributed by atoms with Crippen molar-refractivity contribution in [2.24, 2.45) is 0 Å². The Balaban J connectivity index is 1.39. The third-order valence-corrected chi connectivity index (χ3v) is 8.90. The van der Waals surface area contributed by atoms with Gasteiger partial charge in [0.25, 0.3) is 15.6 Å². The molecule has 2 N–H and O–H groups in total. The van der Waals surface area contributed by atoms with Gasteiger partial charge in [0.15, 0.2) is 6.10 Å². The number of hydrogen-bond acceptors (Lipinski definition) is 8. The topological polar surface area (TPSA) is 131 Å². The zero-order valence-corrected chi connectivity index (χ0v) is 26.9. The molecule has 0 unspecified atom stereocenters. The van der Waals surface area contributed by atoms with Crippen LogP contribution in [0, 0.1) is 0 Å². The molecule has 1 saturated heterocycles. The first kappa shape index (κ1) is 33.3. The summed E-state index contributed by atoms with van der Waals surface area (Å²) in [5, 5.41) is 3.95. The minimum Gasteiger partial charge on any atom is -0.448 e. The number of fused-ring (bicyclic) bond motifs is 1. The van der Waals surface area contributed by atoms with Gasteiger partial charge in [-0.05, 0) is 16.7 Å². The van der Waals surface area contributed by atoms with E-state index >= 15 is 0 Å². The third kappa shape index (κ3) is 7.84. The molecule has 1 fully saturated rings. The summed E-state index contributed by atoms with van der Waals surface area (Å²) in [4.78, 5) is 65.7. The SMILES string of the molecule is O=C(Cc1ccccc1)N[C@@H]1C(=O)N2C(C(=O)OC(c3ccccc3)c3ccccc3)=C(COC(=O)NC(=O)C(Cl)(Cl)Cl)CS[C@H]12. The predicted molar refractivity (Wildman–Crippen MR) is 173 cm³/mol. The molecular weight excluding hydrogens is 677 g/mol. The van der Waals surface area contributed by atoms with Crippen molar-refractivity contribution in [1.29, 1.82) is 0 Å². The number of alkyl carbamates (subject to hydrolysis) is 1. The van der Waals surface area contributed by atoms with Gasteiger partial charge in [-0.1, -0.05) is 126 Å². The van der Waals surface area contributed by atoms with E-state index in [0.29, 0.717) is 11.1 Å². The van der Waals surface area contributed by atoms with Gasteiger partial charge >= 0.3 is 12.1 Å². The molecule has 2 aliphatic rings. The molecule has 0 bridgehead atoms. The lowest BCUT2D eigenvalue weighted by Gasteiger charge is -2.49. The number of hydrogen-bond donors (Lipinski definition) is 2. The van der Waals surface area contributed by atoms with E-state index in [-0.39, 0.29) is 29.4 Å². The molecule has 4 amide bonds. The summed E-state index contributed by atoms with van der Waals surface area (Å²) in [6.07, 6.45) is -1.99. The number of alkyl halides is 3. The van der Waals surface area contributed by atoms with Crippen LogP contribution in [-0.2, 0) is 35.1 Å². The lowest BCUT2D eigenvalue weighted by atomic mass is 10.0. The normalized spacial score (nSPS) is 17.5. The summed E-state index contributed by atoms with van der Waals surface area (Å²) < 4.78 is 8.82. The number of ether oxygens (including phenoxy) is 2. The molecule has 0 saturated carbocycles. The summed E-state index contributed by atoms with van der Waals surface area (Å²) in [5.74, 6) is -2.82. The van der Waals surface area contributed by atoms with E-state index in [9.17, 15) is 24.0 Å². The highest BCUT2D eigenvalue weighted by atomic mass is 35.6. The second kappa shape index (κ2) is 14.6. The number of nitrogens with one attached hydrogen (secondary N) is 2. The standard InChI is InChI=1S/C32H26Cl3N3O7S/c33-32(34,35)30(42)37-31(43)44-17-22-18-46-28-24(36-23(39)16-19-10-4-1-5-11-19)27(40)38(28)25(22)29(41)45-26(20-12-6-2-7-13-20)21-14-8-3-9-15-21/h1-15,24,26,28H,16-18H2,(H,36,39)(H,37,42,43)/t24-,28-/m1/s1. The lowest BCUT2D eigenvalue weighted by molar-refractivity contribution is -0.154. The Bertz CT molecular complexity index is 1610. The van der Waals surface area contributed by atoms with Gasteiger partial charge in [0, 0.05) is 11.3 Å². The number of benzene rings is 3. The van der Waals surface area contributed by atoms with Gasteiger partial charge < -0.3 is 14.8 Å². The highest BCUT2D eigenvalue weighted by Crippen LogP contribution is 2.41. The van der Waals surface area contributed by atoms with Crippen LogP contribution in [0.3, 0.4) is 0 Å². The zero-order valence-electron chi connectivity index (χ0n) is 23.9. The van der Waals surface area contributed by atoms with Crippen molar-refractivity contribution in [3.05, 3.63) is 119 Å². The molecule has 0 aromatic heterocycles. The first-order valence-corrected chi connectivity index (χ1v) is 16.1. The van der Waals surface area contributed by atoms with Crippen molar-refractivity contribution < 1.29 is 33.4 Å². The average Bonchev–Trinajstić information content (AvgIpc) is 3.05. The number of halogens is 3. The molecule has 46 heavy (non-hydrogen) atoms. The Morgan fingerprint density at radius 3 is 2.02 bits per heavy atom. The maximum Gasteiger partial charge on any atom is 0.414 e. The van der Waals surface area contributed by atoms with Crippen molar-refractivity contribution >= 4 is 76.3 Å². The summed E-state index contributed by atoms with van der Waals surface area (Å²) in [6, 6.07) is 26.3. The van der Waals surface area contributed by atoms with Crippen LogP contribution in [0.25, 0.3) is 0 Å². The van der Waals surface area contributed by atoms with Crippen molar-refractivity contribution in [3.8, 4) is 0 Å². The molecule has 2 heterocycles. The molecule has 2 aliphatic heterocycles. The van der Waals surface area contributed by atoms with Crippen LogP contribution in [-0.4, -0.2) is 62.3 Å². The summed E-state index contributed by atoms with van der Waals surface area (Å²) in [5.41, 5.74) is 2.27. The fourth-order valence-corrected chi connectivity index (χ4v) is 6.36. The fraction of sp³-hybridized carbons (Fsp3) is 0.219. The number of imide groups is 1. The molecule has 3 aromatic rings. The molecule has 14 heteroatoms. The Hall–Kier alpha value is -4.03. The monoisotopic (exact) mass is 701 g/mol. The van der Waals surface area contributed by atoms with E-state index in [1.165, 1.54) is 16.7 Å². The predicted octanol–water partition coefficient (Wildman–Crippen LogP) is 4.84. The molecule has 0 spiro atoms. The highest BCUT2D eigenvalue weighted by molar-refractivity contribution is 8.00. The smallest absolute Gasteiger partial charge is 0.414 e. The van der Waals surface area contributed by atoms with E-state index in [1.54, 1.807) is 17.4 Å². The number of amides is 4. The number of carbonyl (C=O) groups excluding carboxylic acids is 5. The molecule has 5 rings (SSSR count). The second-order valence-electron chi connectivity index (χ2n) is 10.2. The van der Waals surface area contributed by atoms with Gasteiger partial charge in [-0.25, -0.2) is 9.59 Å². The van der Waals surface area contributed by atoms with E-state index in [1.807, 2.05) is 78.9 Å². The molecule has 0 aliphatic carbocycles. The van der Waals surface area contributed by atoms with Crippen LogP contribution in [0.15, 0.2) is 102 Å². The number of carbonyl (C=O) groups is 5. The van der Waals surface area contributed by atoms with Gasteiger partial charge in [-0.15, -0.1) is 11.8 Å². The minimum absolute atomic E-state index is 0.0731. The second-order valence-corrected chi connectivity index (χ2v) is 13.6. The largest absolute Gasteiger partial charge is 0.448 e. The van der Waals surface area contributed by atoms with Crippen LogP contribution in [0.1, 0.15) is 22.8 Å². The van der Waals surface area contributed by atoms with Gasteiger partial charge in [-0.3, -0.25) is 24.6 Å². The molecule has 0 radical (unpaired) electrons. The average molecular weight is 703 g/mol. The molecule has 3 aromatic carbocycles. The number of thioether (sulfide) groups is 1. The summed E-state index contributed by atoms with van der Waals surface area (Å²) in [6.45, 7) is -0.487. The first-order valence-electron chi connectivity index (χ1n) is 13.9. The minimum atomic E-state index is -2.41. The van der Waals surface area contributed by atoms with Gasteiger partial charge in [0.1, 0.15) is 23.7 Å². The van der Waals surface area contributed by atoms with Crippen LogP contribution < -0.4 is 10.6 Å². The maximum atomic E-state index is 14.0. The number of rotatable bonds is 9. The Labute approximate surface area is 283 Å². The van der Waals surface area contributed by atoms with Crippen molar-refractivity contribution in [3.63, 3.8) is 0 Å². The fourth-order valence-electron chi connectivity index (χ4n) is 4.89. The Kier molecular flexibility index (Phi) is 10.6. The van der Waals surface area contributed by atoms with E-state index < -0.39 is 51.8 Å². The maximum absolute atomic E-state index is 14.0. The molecular formula is C32H26Cl3N3O7S. The quantitative estimate of drug-likeness (QED) is 0.184. The van der Waals surface area contributed by atoms with Crippen molar-refractivity contribution in [2.75, 3.05) is 12.4 Å². The number of β-lactam (4-membered cyclic amide) rings is 1. The van der Waals surface area contributed by atoms with Crippen LogP contribution in [0.4, 0.5) is 4.79 Å². The van der Waals surface area contributed by atoms with Crippen LogP contribution in [0.5, 0.6) is 0 Å². The van der Waals surface area contributed by atoms with Gasteiger partial charge in [0.2, 0.25) is 5.91 Å². The van der Waals surface area contributed by atoms with E-state index in [2.05, 4.69) is 5.32 Å². The number of esters is 1. The van der Waals surface area contributed by atoms with Crippen molar-refractivity contribution in [1.82, 2.24) is 15.5 Å². The number of nitrogens with zero attached hydrogens (tertiary/aromatic N) is 1. The molecule has 238 valence electrons. The lowest BCUT2D eigenvalue weighted by Crippen LogP contribution is -2.70. The summed E-state index contributed by atoms with van der Waals surface area (Å²) >= 11 is 17.8. The highest BCUT2D eigenvalue weighted by Gasteiger charge is 2.54. The zero-order chi connectivity index (χ0) is 32.8. The summed E-state index contributed by atoms with van der Waals surface area (Å²) in [7, 11) is 0. The van der Waals surface area contributed by atoms with E-state index in [4.69, 9.17) is 44.3 Å². The molecule has 2 atom stereocenters. The Morgan fingerprint density at radius 1 is 0.891 bits per heavy atom. The van der Waals surface area contributed by atoms with Gasteiger partial charge in [0.05, 0.1) is 6.42 Å². The van der Waals surface area contributed by atoms with Crippen molar-refractivity contribution in [2.45, 2.75) is 27.7 Å². The van der Waals surface area contributed by atoms with Gasteiger partial charge in [-0.2, -0.15) is 0 Å². The van der Waals surface area contributed by atoms with Crippen LogP contribution >= 0.6 is 46.6 Å². The first-order chi connectivity index (χ1) is 22.0. The van der Waals surface area contributed by atoms with Crippen LogP contribution in [0.2, 0.25) is 0 Å². The van der Waals surface area contributed by atoms with E-state index in [0.717, 1.165) is 5.56 Å². The molecule has 10 nitrogen and oxygen atoms in total. The Morgan fingerprint density at radius 2 is 1.46 bits per heavy atom.